The first-order valence-corrected chi connectivity index (χ1v) is 34.4. The number of nitrogens with zero attached hydrogens (tertiary/aromatic N) is 6. The number of hydrogen-bond donors (Lipinski definition) is 0. The summed E-state index contributed by atoms with van der Waals surface area (Å²) in [6.45, 7) is 0. The minimum Gasteiger partial charge on any atom is -0.456 e. The third-order valence-electron chi connectivity index (χ3n) is 20.9. The van der Waals surface area contributed by atoms with Crippen molar-refractivity contribution in [1.29, 1.82) is 0 Å². The van der Waals surface area contributed by atoms with E-state index in [1.54, 1.807) is 0 Å². The normalized spacial score (nSPS) is 12.1. The van der Waals surface area contributed by atoms with E-state index in [9.17, 15) is 0 Å². The van der Waals surface area contributed by atoms with Crippen LogP contribution in [0.15, 0.2) is 341 Å². The minimum atomic E-state index is 0.551. The summed E-state index contributed by atoms with van der Waals surface area (Å²) >= 11 is 0. The Bertz CT molecular complexity index is 6600. The number of fused-ring (bicyclic) bond motifs is 18. The molecule has 0 atom stereocenters. The van der Waals surface area contributed by atoms with Crippen LogP contribution < -0.4 is 0 Å². The Morgan fingerprint density at radius 1 is 0.167 bits per heavy atom. The maximum absolute atomic E-state index is 6.25. The molecule has 9 heteroatoms. The Morgan fingerprint density at radius 2 is 0.412 bits per heavy atom. The SMILES string of the molecule is c1cc(-c2nc(-c3cccc(-n4c5ccccc5c5cc(-c6ccc7oc8ccccc8c7c6)ccc54)c3)nc(-c3cccc(-n4c5ccccc5c5cc(-c6ccc7oc8ccccc8c7c6)ccc54)c3)n2)cc(-n2c3ccccc3c3cc(-c4ccc5oc6ccccc6c5c4)ccc32)c1. The first kappa shape index (κ1) is 56.2. The number of benzene rings is 15. The number of para-hydroxylation sites is 6. The van der Waals surface area contributed by atoms with Gasteiger partial charge in [-0.1, -0.05) is 182 Å². The first-order valence-electron chi connectivity index (χ1n) is 34.4. The van der Waals surface area contributed by atoms with Gasteiger partial charge in [0.2, 0.25) is 0 Å². The summed E-state index contributed by atoms with van der Waals surface area (Å²) in [6.07, 6.45) is 0. The summed E-state index contributed by atoms with van der Waals surface area (Å²) in [7, 11) is 0. The zero-order valence-corrected chi connectivity index (χ0v) is 54.6. The van der Waals surface area contributed by atoms with Crippen LogP contribution >= 0.6 is 0 Å². The average Bonchev–Trinajstić information content (AvgIpc) is 1.60. The van der Waals surface area contributed by atoms with Gasteiger partial charge >= 0.3 is 0 Å². The molecule has 0 bridgehead atoms. The molecule has 102 heavy (non-hydrogen) atoms. The van der Waals surface area contributed by atoms with E-state index in [0.29, 0.717) is 17.5 Å². The van der Waals surface area contributed by atoms with E-state index < -0.39 is 0 Å². The van der Waals surface area contributed by atoms with Gasteiger partial charge in [0.15, 0.2) is 17.5 Å². The highest BCUT2D eigenvalue weighted by Gasteiger charge is 2.22. The molecule has 22 rings (SSSR count). The van der Waals surface area contributed by atoms with Gasteiger partial charge in [-0.15, -0.1) is 0 Å². The summed E-state index contributed by atoms with van der Waals surface area (Å²) in [4.78, 5) is 16.5. The fourth-order valence-electron chi connectivity index (χ4n) is 16.1. The van der Waals surface area contributed by atoms with Crippen LogP contribution in [0.2, 0.25) is 0 Å². The van der Waals surface area contributed by atoms with Gasteiger partial charge in [0.1, 0.15) is 33.5 Å². The second-order valence-electron chi connectivity index (χ2n) is 26.6. The van der Waals surface area contributed by atoms with Crippen LogP contribution in [0.3, 0.4) is 0 Å². The second-order valence-corrected chi connectivity index (χ2v) is 26.6. The maximum Gasteiger partial charge on any atom is 0.164 e. The molecule has 0 aliphatic carbocycles. The van der Waals surface area contributed by atoms with E-state index in [1.165, 1.54) is 0 Å². The van der Waals surface area contributed by atoms with Crippen molar-refractivity contribution in [2.75, 3.05) is 0 Å². The molecule has 0 radical (unpaired) electrons. The average molecular weight is 1300 g/mol. The molecule has 22 aromatic rings. The number of furan rings is 3. The van der Waals surface area contributed by atoms with Crippen LogP contribution in [0.25, 0.3) is 216 Å². The Labute approximate surface area is 581 Å². The van der Waals surface area contributed by atoms with Crippen molar-refractivity contribution < 1.29 is 13.3 Å². The van der Waals surface area contributed by atoms with Crippen molar-refractivity contribution in [2.45, 2.75) is 0 Å². The first-order chi connectivity index (χ1) is 50.5. The highest BCUT2D eigenvalue weighted by atomic mass is 16.3. The van der Waals surface area contributed by atoms with Gasteiger partial charge in [-0.2, -0.15) is 0 Å². The topological polar surface area (TPSA) is 92.9 Å². The van der Waals surface area contributed by atoms with E-state index in [1.807, 2.05) is 36.4 Å². The fourth-order valence-corrected chi connectivity index (χ4v) is 16.1. The third-order valence-corrected chi connectivity index (χ3v) is 20.9. The van der Waals surface area contributed by atoms with Gasteiger partial charge in [-0.3, -0.25) is 0 Å². The second kappa shape index (κ2) is 21.8. The highest BCUT2D eigenvalue weighted by Crippen LogP contribution is 2.43. The van der Waals surface area contributed by atoms with Crippen LogP contribution in [-0.4, -0.2) is 28.7 Å². The molecule has 0 amide bonds. The van der Waals surface area contributed by atoms with Crippen molar-refractivity contribution in [2.24, 2.45) is 0 Å². The highest BCUT2D eigenvalue weighted by molar-refractivity contribution is 6.15. The molecule has 0 fully saturated rings. The molecular formula is C93H54N6O3. The molecule has 9 nitrogen and oxygen atoms in total. The van der Waals surface area contributed by atoms with E-state index >= 15 is 0 Å². The van der Waals surface area contributed by atoms with Gasteiger partial charge in [-0.05, 0) is 179 Å². The third kappa shape index (κ3) is 8.68. The molecule has 0 unspecified atom stereocenters. The van der Waals surface area contributed by atoms with Crippen molar-refractivity contribution in [3.05, 3.63) is 328 Å². The van der Waals surface area contributed by atoms with Gasteiger partial charge < -0.3 is 27.0 Å². The Kier molecular flexibility index (Phi) is 12.0. The molecule has 474 valence electrons. The van der Waals surface area contributed by atoms with Crippen LogP contribution in [0.4, 0.5) is 0 Å². The Morgan fingerprint density at radius 3 is 0.725 bits per heavy atom. The number of aromatic nitrogens is 6. The van der Waals surface area contributed by atoms with Gasteiger partial charge in [-0.25, -0.2) is 15.0 Å². The van der Waals surface area contributed by atoms with Crippen molar-refractivity contribution in [1.82, 2.24) is 28.7 Å². The maximum atomic E-state index is 6.25. The molecule has 0 aliphatic rings. The summed E-state index contributed by atoms with van der Waals surface area (Å²) < 4.78 is 25.8. The van der Waals surface area contributed by atoms with Gasteiger partial charge in [0, 0.05) is 98.4 Å². The zero-order chi connectivity index (χ0) is 66.7. The van der Waals surface area contributed by atoms with Gasteiger partial charge in [0.25, 0.3) is 0 Å². The molecule has 0 saturated heterocycles. The predicted molar refractivity (Wildman–Crippen MR) is 417 cm³/mol. The van der Waals surface area contributed by atoms with Crippen LogP contribution in [0.1, 0.15) is 0 Å². The summed E-state index contributed by atoms with van der Waals surface area (Å²) in [5.74, 6) is 1.65. The lowest BCUT2D eigenvalue weighted by molar-refractivity contribution is 0.668. The van der Waals surface area contributed by atoms with Crippen LogP contribution in [0.5, 0.6) is 0 Å². The van der Waals surface area contributed by atoms with E-state index in [-0.39, 0.29) is 0 Å². The molecular weight excluding hydrogens is 1250 g/mol. The van der Waals surface area contributed by atoms with E-state index in [4.69, 9.17) is 28.2 Å². The van der Waals surface area contributed by atoms with E-state index in [2.05, 4.69) is 305 Å². The lowest BCUT2D eigenvalue weighted by Crippen LogP contribution is -2.02. The molecule has 0 spiro atoms. The van der Waals surface area contributed by atoms with Crippen molar-refractivity contribution in [3.8, 4) is 84.6 Å². The lowest BCUT2D eigenvalue weighted by Gasteiger charge is -2.14. The number of hydrogen-bond acceptors (Lipinski definition) is 6. The van der Waals surface area contributed by atoms with E-state index in [0.717, 1.165) is 198 Å². The molecule has 0 N–H and O–H groups in total. The molecule has 15 aromatic carbocycles. The molecule has 0 saturated carbocycles. The van der Waals surface area contributed by atoms with Crippen molar-refractivity contribution in [3.63, 3.8) is 0 Å². The Hall–Kier alpha value is -13.9. The summed E-state index contributed by atoms with van der Waals surface area (Å²) in [5.41, 5.74) is 24.2. The molecule has 7 heterocycles. The van der Waals surface area contributed by atoms with Crippen LogP contribution in [0, 0.1) is 0 Å². The van der Waals surface area contributed by atoms with Crippen molar-refractivity contribution >= 4 is 131 Å². The minimum absolute atomic E-state index is 0.551. The monoisotopic (exact) mass is 1300 g/mol. The summed E-state index contributed by atoms with van der Waals surface area (Å²) in [5, 5.41) is 13.6. The summed E-state index contributed by atoms with van der Waals surface area (Å²) in [6, 6.07) is 117. The smallest absolute Gasteiger partial charge is 0.164 e. The standard InChI is InChI=1S/C93H54N6O3/c1-7-28-79-67(22-1)73-49-55(58-37-43-88-76(52-58)70-25-4-10-31-85(70)100-88)34-40-82(73)97(79)64-19-13-16-61(46-64)91-94-92(62-17-14-20-65(47-62)98-80-29-8-2-23-68(80)74-50-56(35-41-83(74)98)59-38-44-89-77(53-59)71-26-5-11-32-86(71)101-89)96-93(95-91)63-18-15-21-66(48-63)99-81-30-9-3-24-69(81)75-51-57(36-42-84(75)99)60-39-45-90-78(54-60)72-27-6-12-33-87(72)102-90/h1-54H. The number of rotatable bonds is 9. The van der Waals surface area contributed by atoms with Crippen LogP contribution in [-0.2, 0) is 0 Å². The molecule has 0 aliphatic heterocycles. The Balaban J connectivity index is 0.688. The largest absolute Gasteiger partial charge is 0.456 e. The fraction of sp³-hybridized carbons (Fsp3) is 0. The van der Waals surface area contributed by atoms with Gasteiger partial charge in [0.05, 0.1) is 33.1 Å². The predicted octanol–water partition coefficient (Wildman–Crippen LogP) is 24.9. The zero-order valence-electron chi connectivity index (χ0n) is 54.6. The molecule has 7 aromatic heterocycles. The lowest BCUT2D eigenvalue weighted by atomic mass is 10.0. The quantitative estimate of drug-likeness (QED) is 0.143.